The maximum absolute atomic E-state index is 11.0. The highest BCUT2D eigenvalue weighted by molar-refractivity contribution is 8.03. The number of nitrogens with zero attached hydrogens (tertiary/aromatic N) is 2. The van der Waals surface area contributed by atoms with Crippen LogP contribution in [0.25, 0.3) is 5.57 Å². The minimum absolute atomic E-state index is 0.0569. The molecule has 0 saturated carbocycles. The lowest BCUT2D eigenvalue weighted by Crippen LogP contribution is -2.10. The number of fused-ring (bicyclic) bond motifs is 1. The smallest absolute Gasteiger partial charge is 0.258 e. The molecule has 90 valence electrons. The molecule has 3 rings (SSSR count). The van der Waals surface area contributed by atoms with Crippen LogP contribution in [-0.2, 0) is 0 Å². The van der Waals surface area contributed by atoms with Crippen LogP contribution in [0, 0.1) is 16.0 Å². The molecule has 2 aliphatic rings. The maximum Gasteiger partial charge on any atom is 0.295 e. The molecule has 1 aromatic heterocycles. The van der Waals surface area contributed by atoms with Gasteiger partial charge in [-0.3, -0.25) is 10.1 Å². The van der Waals surface area contributed by atoms with Gasteiger partial charge in [0.2, 0.25) is 0 Å². The Kier molecular flexibility index (Phi) is 2.76. The van der Waals surface area contributed by atoms with Gasteiger partial charge in [0, 0.05) is 29.0 Å². The van der Waals surface area contributed by atoms with Gasteiger partial charge in [0.15, 0.2) is 0 Å². The lowest BCUT2D eigenvalue weighted by molar-refractivity contribution is -0.385. The molecule has 5 heteroatoms. The number of aromatic nitrogens is 1. The number of allylic oxidation sites excluding steroid dienone is 4. The van der Waals surface area contributed by atoms with Gasteiger partial charge in [-0.2, -0.15) is 0 Å². The molecule has 0 radical (unpaired) electrons. The van der Waals surface area contributed by atoms with Crippen molar-refractivity contribution in [2.24, 2.45) is 5.92 Å². The summed E-state index contributed by atoms with van der Waals surface area (Å²) in [6.07, 6.45) is 9.77. The number of thioether (sulfide) groups is 1. The minimum Gasteiger partial charge on any atom is -0.258 e. The zero-order valence-corrected chi connectivity index (χ0v) is 10.2. The second-order valence-electron chi connectivity index (χ2n) is 4.12. The number of pyridine rings is 1. The van der Waals surface area contributed by atoms with Crippen LogP contribution < -0.4 is 0 Å². The first-order valence-corrected chi connectivity index (χ1v) is 6.52. The third-order valence-electron chi connectivity index (χ3n) is 3.01. The fraction of sp³-hybridized carbons (Fsp3) is 0.154. The van der Waals surface area contributed by atoms with Crippen molar-refractivity contribution >= 4 is 23.0 Å². The highest BCUT2D eigenvalue weighted by Gasteiger charge is 2.25. The van der Waals surface area contributed by atoms with Gasteiger partial charge in [0.25, 0.3) is 5.69 Å². The van der Waals surface area contributed by atoms with E-state index in [2.05, 4.69) is 28.6 Å². The van der Waals surface area contributed by atoms with Gasteiger partial charge in [-0.15, -0.1) is 11.8 Å². The predicted octanol–water partition coefficient (Wildman–Crippen LogP) is 3.19. The quantitative estimate of drug-likeness (QED) is 0.604. The van der Waals surface area contributed by atoms with E-state index in [1.54, 1.807) is 24.0 Å². The Bertz CT molecular complexity index is 592. The monoisotopic (exact) mass is 258 g/mol. The van der Waals surface area contributed by atoms with Gasteiger partial charge in [-0.1, -0.05) is 24.3 Å². The molecule has 4 nitrogen and oxygen atoms in total. The highest BCUT2D eigenvalue weighted by Crippen LogP contribution is 2.38. The summed E-state index contributed by atoms with van der Waals surface area (Å²) in [6, 6.07) is 3.07. The van der Waals surface area contributed by atoms with E-state index >= 15 is 0 Å². The summed E-state index contributed by atoms with van der Waals surface area (Å²) >= 11 is 1.77. The van der Waals surface area contributed by atoms with Gasteiger partial charge in [-0.05, 0) is 11.5 Å². The van der Waals surface area contributed by atoms with Crippen molar-refractivity contribution in [3.8, 4) is 0 Å². The fourth-order valence-corrected chi connectivity index (χ4v) is 3.11. The van der Waals surface area contributed by atoms with Crippen molar-refractivity contribution in [3.05, 3.63) is 63.8 Å². The standard InChI is InChI=1S/C13H10N2O2S/c16-15(17)11-2-1-6-14-13(11)10-3-4-12-9(8-10)5-7-18-12/h1-9,12H. The molecule has 1 aliphatic heterocycles. The third-order valence-corrected chi connectivity index (χ3v) is 4.11. The molecule has 0 amide bonds. The van der Waals surface area contributed by atoms with E-state index in [4.69, 9.17) is 0 Å². The summed E-state index contributed by atoms with van der Waals surface area (Å²) in [5.74, 6) is 0.316. The van der Waals surface area contributed by atoms with E-state index in [0.29, 0.717) is 16.9 Å². The first kappa shape index (κ1) is 11.2. The zero-order chi connectivity index (χ0) is 12.5. The predicted molar refractivity (Wildman–Crippen MR) is 72.0 cm³/mol. The van der Waals surface area contributed by atoms with Crippen LogP contribution in [0.15, 0.2) is 48.0 Å². The number of rotatable bonds is 2. The van der Waals surface area contributed by atoms with E-state index in [1.807, 2.05) is 6.08 Å². The second-order valence-corrected chi connectivity index (χ2v) is 5.20. The van der Waals surface area contributed by atoms with E-state index in [0.717, 1.165) is 5.57 Å². The van der Waals surface area contributed by atoms with Crippen molar-refractivity contribution < 1.29 is 4.92 Å². The first-order chi connectivity index (χ1) is 8.75. The van der Waals surface area contributed by atoms with Crippen molar-refractivity contribution in [1.82, 2.24) is 4.98 Å². The average Bonchev–Trinajstić information content (AvgIpc) is 2.85. The highest BCUT2D eigenvalue weighted by atomic mass is 32.2. The molecule has 0 aromatic carbocycles. The SMILES string of the molecule is O=[N+]([O-])c1cccnc1C1=CC2C=CSC2C=C1. The van der Waals surface area contributed by atoms with Gasteiger partial charge < -0.3 is 0 Å². The molecular formula is C13H10N2O2S. The zero-order valence-electron chi connectivity index (χ0n) is 9.39. The Morgan fingerprint density at radius 2 is 2.28 bits per heavy atom. The Balaban J connectivity index is 2.03. The largest absolute Gasteiger partial charge is 0.295 e. The molecule has 0 bridgehead atoms. The topological polar surface area (TPSA) is 56.0 Å². The van der Waals surface area contributed by atoms with Crippen LogP contribution in [0.4, 0.5) is 5.69 Å². The summed E-state index contributed by atoms with van der Waals surface area (Å²) in [6.45, 7) is 0. The lowest BCUT2D eigenvalue weighted by atomic mass is 9.94. The first-order valence-electron chi connectivity index (χ1n) is 5.57. The van der Waals surface area contributed by atoms with E-state index < -0.39 is 0 Å². The van der Waals surface area contributed by atoms with Gasteiger partial charge in [-0.25, -0.2) is 4.98 Å². The maximum atomic E-state index is 11.0. The molecule has 0 saturated heterocycles. The van der Waals surface area contributed by atoms with E-state index in [1.165, 1.54) is 6.07 Å². The molecule has 2 unspecified atom stereocenters. The summed E-state index contributed by atoms with van der Waals surface area (Å²) < 4.78 is 0. The molecule has 2 heterocycles. The van der Waals surface area contributed by atoms with Crippen LogP contribution in [0.5, 0.6) is 0 Å². The fourth-order valence-electron chi connectivity index (χ4n) is 2.14. The number of nitro groups is 1. The van der Waals surface area contributed by atoms with Crippen LogP contribution >= 0.6 is 11.8 Å². The van der Waals surface area contributed by atoms with Gasteiger partial charge in [0.1, 0.15) is 5.69 Å². The van der Waals surface area contributed by atoms with Crippen molar-refractivity contribution in [2.75, 3.05) is 0 Å². The number of hydrogen-bond donors (Lipinski definition) is 0. The van der Waals surface area contributed by atoms with Crippen LogP contribution in [-0.4, -0.2) is 15.2 Å². The molecule has 1 aliphatic carbocycles. The Morgan fingerprint density at radius 1 is 1.39 bits per heavy atom. The van der Waals surface area contributed by atoms with E-state index in [-0.39, 0.29) is 10.6 Å². The summed E-state index contributed by atoms with van der Waals surface area (Å²) in [4.78, 5) is 14.7. The summed E-state index contributed by atoms with van der Waals surface area (Å²) in [5.41, 5.74) is 1.33. The van der Waals surface area contributed by atoms with Crippen LogP contribution in [0.3, 0.4) is 0 Å². The lowest BCUT2D eigenvalue weighted by Gasteiger charge is -2.17. The molecule has 0 N–H and O–H groups in total. The van der Waals surface area contributed by atoms with Crippen molar-refractivity contribution in [1.29, 1.82) is 0 Å². The average molecular weight is 258 g/mol. The van der Waals surface area contributed by atoms with Crippen molar-refractivity contribution in [2.45, 2.75) is 5.25 Å². The number of hydrogen-bond acceptors (Lipinski definition) is 4. The molecule has 0 fully saturated rings. The molecule has 1 aromatic rings. The molecular weight excluding hydrogens is 248 g/mol. The van der Waals surface area contributed by atoms with Crippen LogP contribution in [0.2, 0.25) is 0 Å². The van der Waals surface area contributed by atoms with Crippen molar-refractivity contribution in [3.63, 3.8) is 0 Å². The second kappa shape index (κ2) is 4.42. The van der Waals surface area contributed by atoms with Gasteiger partial charge >= 0.3 is 0 Å². The van der Waals surface area contributed by atoms with Crippen LogP contribution in [0.1, 0.15) is 5.69 Å². The summed E-state index contributed by atoms with van der Waals surface area (Å²) in [5, 5.41) is 13.5. The Labute approximate surface area is 108 Å². The molecule has 18 heavy (non-hydrogen) atoms. The Morgan fingerprint density at radius 3 is 3.11 bits per heavy atom. The van der Waals surface area contributed by atoms with Gasteiger partial charge in [0.05, 0.1) is 4.92 Å². The Hall–Kier alpha value is -1.88. The third kappa shape index (κ3) is 1.86. The van der Waals surface area contributed by atoms with E-state index in [9.17, 15) is 10.1 Å². The molecule has 2 atom stereocenters. The summed E-state index contributed by atoms with van der Waals surface area (Å²) in [7, 11) is 0. The molecule has 0 spiro atoms. The minimum atomic E-state index is -0.387. The normalized spacial score (nSPS) is 24.8.